The lowest BCUT2D eigenvalue weighted by Crippen LogP contribution is -2.41. The lowest BCUT2D eigenvalue weighted by Gasteiger charge is -2.25. The van der Waals surface area contributed by atoms with Gasteiger partial charge in [-0.1, -0.05) is 6.07 Å². The number of nitrogens with zero attached hydrogens (tertiary/aromatic N) is 2. The predicted octanol–water partition coefficient (Wildman–Crippen LogP) is 0.625. The van der Waals surface area contributed by atoms with E-state index < -0.39 is 6.10 Å². The zero-order chi connectivity index (χ0) is 15.8. The van der Waals surface area contributed by atoms with Crippen molar-refractivity contribution in [2.75, 3.05) is 33.0 Å². The smallest absolute Gasteiger partial charge is 0.231 e. The van der Waals surface area contributed by atoms with Crippen molar-refractivity contribution in [2.24, 2.45) is 0 Å². The molecule has 0 spiro atoms. The molecule has 0 saturated carbocycles. The van der Waals surface area contributed by atoms with Crippen LogP contribution in [0.5, 0.6) is 11.5 Å². The van der Waals surface area contributed by atoms with Crippen LogP contribution in [0.2, 0.25) is 0 Å². The number of hydrogen-bond acceptors (Lipinski definition) is 5. The van der Waals surface area contributed by atoms with Gasteiger partial charge in [-0.25, -0.2) is 0 Å². The van der Waals surface area contributed by atoms with E-state index in [0.717, 1.165) is 24.4 Å². The number of carbonyl (C=O) groups is 1. The maximum Gasteiger partial charge on any atom is 0.231 e. The van der Waals surface area contributed by atoms with Gasteiger partial charge in [0.05, 0.1) is 18.6 Å². The van der Waals surface area contributed by atoms with Gasteiger partial charge in [0.15, 0.2) is 11.5 Å². The van der Waals surface area contributed by atoms with Crippen LogP contribution in [-0.2, 0) is 11.2 Å². The molecule has 1 N–H and O–H groups in total. The Bertz CT molecular complexity index is 600. The lowest BCUT2D eigenvalue weighted by molar-refractivity contribution is -0.129. The van der Waals surface area contributed by atoms with Gasteiger partial charge in [-0.15, -0.1) is 0 Å². The molecule has 1 aromatic carbocycles. The van der Waals surface area contributed by atoms with E-state index in [2.05, 4.69) is 4.90 Å². The SMILES string of the molecule is O=C(Cc1ccc2c(c1)OCO2)N1C[C@@H](O)[C@H](N2CCCC2)C1. The first kappa shape index (κ1) is 14.8. The monoisotopic (exact) mass is 318 g/mol. The molecular weight excluding hydrogens is 296 g/mol. The number of amides is 1. The van der Waals surface area contributed by atoms with Gasteiger partial charge in [0.25, 0.3) is 0 Å². The topological polar surface area (TPSA) is 62.2 Å². The van der Waals surface area contributed by atoms with Gasteiger partial charge in [-0.3, -0.25) is 9.69 Å². The molecule has 3 aliphatic heterocycles. The van der Waals surface area contributed by atoms with Crippen LogP contribution in [0, 0.1) is 0 Å². The molecule has 0 bridgehead atoms. The average molecular weight is 318 g/mol. The van der Waals surface area contributed by atoms with Crippen LogP contribution in [0.3, 0.4) is 0 Å². The van der Waals surface area contributed by atoms with Crippen LogP contribution >= 0.6 is 0 Å². The molecule has 2 saturated heterocycles. The second-order valence-corrected chi connectivity index (χ2v) is 6.54. The molecule has 1 aromatic rings. The highest BCUT2D eigenvalue weighted by Gasteiger charge is 2.38. The minimum atomic E-state index is -0.436. The second kappa shape index (κ2) is 6.02. The predicted molar refractivity (Wildman–Crippen MR) is 83.5 cm³/mol. The van der Waals surface area contributed by atoms with Crippen LogP contribution in [0.4, 0.5) is 0 Å². The van der Waals surface area contributed by atoms with E-state index in [4.69, 9.17) is 9.47 Å². The summed E-state index contributed by atoms with van der Waals surface area (Å²) >= 11 is 0. The third kappa shape index (κ3) is 2.88. The van der Waals surface area contributed by atoms with Gasteiger partial charge < -0.3 is 19.5 Å². The highest BCUT2D eigenvalue weighted by molar-refractivity contribution is 5.79. The first-order valence-corrected chi connectivity index (χ1v) is 8.29. The Kier molecular flexibility index (Phi) is 3.87. The van der Waals surface area contributed by atoms with E-state index in [-0.39, 0.29) is 18.7 Å². The lowest BCUT2D eigenvalue weighted by atomic mass is 10.1. The maximum absolute atomic E-state index is 12.5. The molecule has 6 nitrogen and oxygen atoms in total. The average Bonchev–Trinajstić information content (AvgIpc) is 3.26. The first-order valence-electron chi connectivity index (χ1n) is 8.29. The fourth-order valence-electron chi connectivity index (χ4n) is 3.74. The van der Waals surface area contributed by atoms with E-state index in [1.165, 1.54) is 12.8 Å². The number of β-amino-alcohol motifs (C(OH)–C–C–N with tert-alkyl or cyclic N) is 1. The van der Waals surface area contributed by atoms with Crippen molar-refractivity contribution < 1.29 is 19.4 Å². The number of benzene rings is 1. The number of likely N-dealkylation sites (tertiary alicyclic amines) is 2. The largest absolute Gasteiger partial charge is 0.454 e. The molecule has 3 aliphatic rings. The van der Waals surface area contributed by atoms with E-state index in [1.807, 2.05) is 18.2 Å². The summed E-state index contributed by atoms with van der Waals surface area (Å²) in [6.45, 7) is 3.37. The van der Waals surface area contributed by atoms with Crippen LogP contribution in [0.15, 0.2) is 18.2 Å². The number of fused-ring (bicyclic) bond motifs is 1. The van der Waals surface area contributed by atoms with Gasteiger partial charge >= 0.3 is 0 Å². The second-order valence-electron chi connectivity index (χ2n) is 6.54. The zero-order valence-electron chi connectivity index (χ0n) is 13.1. The molecule has 0 aliphatic carbocycles. The van der Waals surface area contributed by atoms with E-state index >= 15 is 0 Å². The molecule has 0 radical (unpaired) electrons. The summed E-state index contributed by atoms with van der Waals surface area (Å²) in [5.74, 6) is 1.49. The molecule has 23 heavy (non-hydrogen) atoms. The number of rotatable bonds is 3. The van der Waals surface area contributed by atoms with Gasteiger partial charge in [-0.05, 0) is 43.6 Å². The summed E-state index contributed by atoms with van der Waals surface area (Å²) in [4.78, 5) is 16.7. The van der Waals surface area contributed by atoms with Gasteiger partial charge in [-0.2, -0.15) is 0 Å². The Labute approximate surface area is 135 Å². The summed E-state index contributed by atoms with van der Waals surface area (Å²) in [6, 6.07) is 5.70. The Morgan fingerprint density at radius 3 is 2.78 bits per heavy atom. The minimum absolute atomic E-state index is 0.0598. The van der Waals surface area contributed by atoms with Crippen LogP contribution in [0.25, 0.3) is 0 Å². The van der Waals surface area contributed by atoms with Crippen molar-refractivity contribution in [1.29, 1.82) is 0 Å². The quantitative estimate of drug-likeness (QED) is 0.885. The van der Waals surface area contributed by atoms with Crippen LogP contribution < -0.4 is 9.47 Å². The van der Waals surface area contributed by atoms with Crippen molar-refractivity contribution in [3.05, 3.63) is 23.8 Å². The van der Waals surface area contributed by atoms with E-state index in [9.17, 15) is 9.90 Å². The summed E-state index contributed by atoms with van der Waals surface area (Å²) < 4.78 is 10.6. The molecule has 2 atom stereocenters. The van der Waals surface area contributed by atoms with Crippen molar-refractivity contribution >= 4 is 5.91 Å². The Morgan fingerprint density at radius 2 is 1.96 bits per heavy atom. The first-order chi connectivity index (χ1) is 11.2. The maximum atomic E-state index is 12.5. The number of aliphatic hydroxyl groups is 1. The fraction of sp³-hybridized carbons (Fsp3) is 0.588. The van der Waals surface area contributed by atoms with Gasteiger partial charge in [0.2, 0.25) is 12.7 Å². The van der Waals surface area contributed by atoms with E-state index in [0.29, 0.717) is 25.3 Å². The summed E-state index contributed by atoms with van der Waals surface area (Å²) in [5, 5.41) is 10.3. The summed E-state index contributed by atoms with van der Waals surface area (Å²) in [5.41, 5.74) is 0.915. The molecule has 1 amide bonds. The van der Waals surface area contributed by atoms with Gasteiger partial charge in [0.1, 0.15) is 0 Å². The Morgan fingerprint density at radius 1 is 1.17 bits per heavy atom. The Hall–Kier alpha value is -1.79. The minimum Gasteiger partial charge on any atom is -0.454 e. The molecule has 0 aromatic heterocycles. The molecule has 3 heterocycles. The number of hydrogen-bond donors (Lipinski definition) is 1. The van der Waals surface area contributed by atoms with Crippen molar-refractivity contribution in [3.8, 4) is 11.5 Å². The zero-order valence-corrected chi connectivity index (χ0v) is 13.1. The fourth-order valence-corrected chi connectivity index (χ4v) is 3.74. The van der Waals surface area contributed by atoms with Crippen molar-refractivity contribution in [3.63, 3.8) is 0 Å². The molecule has 0 unspecified atom stereocenters. The van der Waals surface area contributed by atoms with E-state index in [1.54, 1.807) is 4.90 Å². The van der Waals surface area contributed by atoms with Gasteiger partial charge in [0, 0.05) is 13.1 Å². The molecule has 4 rings (SSSR count). The number of ether oxygens (including phenoxy) is 2. The van der Waals surface area contributed by atoms with Crippen molar-refractivity contribution in [1.82, 2.24) is 9.80 Å². The third-order valence-corrected chi connectivity index (χ3v) is 5.01. The molecule has 2 fully saturated rings. The van der Waals surface area contributed by atoms with Crippen LogP contribution in [-0.4, -0.2) is 65.9 Å². The standard InChI is InChI=1S/C17H22N2O4/c20-14-10-19(9-13(14)18-5-1-2-6-18)17(21)8-12-3-4-15-16(7-12)23-11-22-15/h3-4,7,13-14,20H,1-2,5-6,8-11H2/t13-,14-/m1/s1. The molecular formula is C17H22N2O4. The third-order valence-electron chi connectivity index (χ3n) is 5.01. The van der Waals surface area contributed by atoms with Crippen LogP contribution in [0.1, 0.15) is 18.4 Å². The number of carbonyl (C=O) groups excluding carboxylic acids is 1. The number of aliphatic hydroxyl groups excluding tert-OH is 1. The summed E-state index contributed by atoms with van der Waals surface area (Å²) in [6.07, 6.45) is 2.27. The summed E-state index contributed by atoms with van der Waals surface area (Å²) in [7, 11) is 0. The highest BCUT2D eigenvalue weighted by atomic mass is 16.7. The normalized spacial score (nSPS) is 26.9. The Balaban J connectivity index is 1.39. The molecule has 124 valence electrons. The van der Waals surface area contributed by atoms with Crippen molar-refractivity contribution in [2.45, 2.75) is 31.4 Å². The highest BCUT2D eigenvalue weighted by Crippen LogP contribution is 2.32. The molecule has 6 heteroatoms.